The molecular weight excluding hydrogens is 241 g/mol. The summed E-state index contributed by atoms with van der Waals surface area (Å²) in [6.45, 7) is 0. The summed E-state index contributed by atoms with van der Waals surface area (Å²) in [5.41, 5.74) is 0.0826. The van der Waals surface area contributed by atoms with Crippen molar-refractivity contribution in [1.29, 1.82) is 0 Å². The van der Waals surface area contributed by atoms with E-state index in [1.165, 1.54) is 12.1 Å². The lowest BCUT2D eigenvalue weighted by Gasteiger charge is -2.30. The molecule has 6 heteroatoms. The normalized spacial score (nSPS) is 28.1. The predicted molar refractivity (Wildman–Crippen MR) is 61.7 cm³/mol. The molecule has 98 valence electrons. The first kappa shape index (κ1) is 12.9. The Morgan fingerprint density at radius 3 is 2.56 bits per heavy atom. The van der Waals surface area contributed by atoms with E-state index in [-0.39, 0.29) is 18.0 Å². The lowest BCUT2D eigenvalue weighted by Crippen LogP contribution is -2.32. The van der Waals surface area contributed by atoms with Gasteiger partial charge < -0.3 is 10.2 Å². The van der Waals surface area contributed by atoms with Crippen LogP contribution >= 0.6 is 0 Å². The number of nitrogens with zero attached hydrogens (tertiary/aromatic N) is 1. The Morgan fingerprint density at radius 1 is 1.28 bits per heavy atom. The molecule has 0 amide bonds. The topological polar surface area (TPSA) is 83.6 Å². The highest BCUT2D eigenvalue weighted by Gasteiger charge is 2.30. The minimum Gasteiger partial charge on any atom is -0.390 e. The second-order valence-electron chi connectivity index (χ2n) is 4.61. The largest absolute Gasteiger partial charge is 0.390 e. The van der Waals surface area contributed by atoms with Crippen molar-refractivity contribution in [3.8, 4) is 0 Å². The van der Waals surface area contributed by atoms with Gasteiger partial charge in [-0.15, -0.1) is 0 Å². The van der Waals surface area contributed by atoms with E-state index in [0.29, 0.717) is 18.4 Å². The number of aliphatic hydroxyl groups excluding tert-OH is 2. The average molecular weight is 255 g/mol. The SMILES string of the molecule is O=[N+]([O-])c1ccc(C2CC[C@@H](O)[C@@H](O)C2)c(F)c1. The van der Waals surface area contributed by atoms with E-state index in [1.807, 2.05) is 0 Å². The van der Waals surface area contributed by atoms with Crippen molar-refractivity contribution in [2.75, 3.05) is 0 Å². The third kappa shape index (κ3) is 2.49. The van der Waals surface area contributed by atoms with Crippen LogP contribution in [0.15, 0.2) is 18.2 Å². The Hall–Kier alpha value is -1.53. The molecule has 0 aliphatic heterocycles. The molecule has 1 aliphatic rings. The van der Waals surface area contributed by atoms with Crippen LogP contribution in [-0.4, -0.2) is 27.3 Å². The van der Waals surface area contributed by atoms with Crippen LogP contribution in [0.5, 0.6) is 0 Å². The van der Waals surface area contributed by atoms with Crippen LogP contribution < -0.4 is 0 Å². The fourth-order valence-electron chi connectivity index (χ4n) is 2.37. The molecule has 18 heavy (non-hydrogen) atoms. The molecule has 2 rings (SSSR count). The molecule has 0 spiro atoms. The second-order valence-corrected chi connectivity index (χ2v) is 4.61. The molecule has 0 bridgehead atoms. The number of nitro groups is 1. The molecule has 1 unspecified atom stereocenters. The maximum atomic E-state index is 13.8. The highest BCUT2D eigenvalue weighted by molar-refractivity contribution is 5.36. The van der Waals surface area contributed by atoms with E-state index in [4.69, 9.17) is 0 Å². The molecule has 5 nitrogen and oxygen atoms in total. The predicted octanol–water partition coefficient (Wildman–Crippen LogP) is 1.72. The van der Waals surface area contributed by atoms with Crippen LogP contribution in [0.3, 0.4) is 0 Å². The standard InChI is InChI=1S/C12H14FNO4/c13-10-6-8(14(17)18)2-3-9(10)7-1-4-11(15)12(16)5-7/h2-3,6-7,11-12,15-16H,1,4-5H2/t7?,11-,12+/m1/s1. The maximum Gasteiger partial charge on any atom is 0.272 e. The van der Waals surface area contributed by atoms with Gasteiger partial charge in [0.2, 0.25) is 0 Å². The summed E-state index contributed by atoms with van der Waals surface area (Å²) in [4.78, 5) is 9.86. The van der Waals surface area contributed by atoms with Gasteiger partial charge in [0.05, 0.1) is 23.2 Å². The zero-order valence-electron chi connectivity index (χ0n) is 9.62. The molecule has 3 atom stereocenters. The first-order chi connectivity index (χ1) is 8.49. The third-order valence-corrected chi connectivity index (χ3v) is 3.42. The number of hydrogen-bond acceptors (Lipinski definition) is 4. The minimum atomic E-state index is -0.863. The van der Waals surface area contributed by atoms with Crippen molar-refractivity contribution in [2.45, 2.75) is 37.4 Å². The van der Waals surface area contributed by atoms with E-state index in [9.17, 15) is 24.7 Å². The molecule has 2 N–H and O–H groups in total. The van der Waals surface area contributed by atoms with Gasteiger partial charge in [-0.25, -0.2) is 4.39 Å². The molecule has 0 heterocycles. The van der Waals surface area contributed by atoms with Crippen LogP contribution in [0.25, 0.3) is 0 Å². The first-order valence-corrected chi connectivity index (χ1v) is 5.79. The molecule has 1 aromatic rings. The number of halogens is 1. The van der Waals surface area contributed by atoms with Crippen molar-refractivity contribution >= 4 is 5.69 Å². The van der Waals surface area contributed by atoms with Crippen LogP contribution in [0, 0.1) is 15.9 Å². The van der Waals surface area contributed by atoms with Gasteiger partial charge in [-0.2, -0.15) is 0 Å². The highest BCUT2D eigenvalue weighted by Crippen LogP contribution is 2.35. The Bertz CT molecular complexity index is 465. The molecule has 1 aliphatic carbocycles. The van der Waals surface area contributed by atoms with Crippen molar-refractivity contribution in [3.05, 3.63) is 39.7 Å². The maximum absolute atomic E-state index is 13.8. The zero-order valence-corrected chi connectivity index (χ0v) is 9.62. The Kier molecular flexibility index (Phi) is 3.58. The van der Waals surface area contributed by atoms with Gasteiger partial charge in [-0.3, -0.25) is 10.1 Å². The number of rotatable bonds is 2. The van der Waals surface area contributed by atoms with Gasteiger partial charge >= 0.3 is 0 Å². The lowest BCUT2D eigenvalue weighted by atomic mass is 9.81. The van der Waals surface area contributed by atoms with Crippen molar-refractivity contribution in [1.82, 2.24) is 0 Å². The van der Waals surface area contributed by atoms with Gasteiger partial charge in [-0.1, -0.05) is 0 Å². The Balaban J connectivity index is 2.21. The van der Waals surface area contributed by atoms with Crippen molar-refractivity contribution in [2.24, 2.45) is 0 Å². The Morgan fingerprint density at radius 2 is 2.00 bits per heavy atom. The van der Waals surface area contributed by atoms with Gasteiger partial charge in [0.1, 0.15) is 5.82 Å². The van der Waals surface area contributed by atoms with E-state index in [1.54, 1.807) is 0 Å². The van der Waals surface area contributed by atoms with Crippen LogP contribution in [0.1, 0.15) is 30.7 Å². The van der Waals surface area contributed by atoms with Gasteiger partial charge in [-0.05, 0) is 36.8 Å². The quantitative estimate of drug-likeness (QED) is 0.622. The van der Waals surface area contributed by atoms with E-state index in [0.717, 1.165) is 6.07 Å². The molecular formula is C12H14FNO4. The molecule has 0 aromatic heterocycles. The van der Waals surface area contributed by atoms with Gasteiger partial charge in [0.15, 0.2) is 0 Å². The van der Waals surface area contributed by atoms with Crippen molar-refractivity contribution in [3.63, 3.8) is 0 Å². The molecule has 0 saturated heterocycles. The number of hydrogen-bond donors (Lipinski definition) is 2. The summed E-state index contributed by atoms with van der Waals surface area (Å²) in [6.07, 6.45) is -0.383. The van der Waals surface area contributed by atoms with E-state index in [2.05, 4.69) is 0 Å². The van der Waals surface area contributed by atoms with E-state index < -0.39 is 22.9 Å². The Labute approximate surface area is 103 Å². The molecule has 0 radical (unpaired) electrons. The molecule has 1 fully saturated rings. The smallest absolute Gasteiger partial charge is 0.272 e. The number of non-ortho nitro benzene ring substituents is 1. The average Bonchev–Trinajstić information content (AvgIpc) is 2.32. The summed E-state index contributed by atoms with van der Waals surface area (Å²) in [5.74, 6) is -0.831. The van der Waals surface area contributed by atoms with Crippen LogP contribution in [0.2, 0.25) is 0 Å². The fourth-order valence-corrected chi connectivity index (χ4v) is 2.37. The first-order valence-electron chi connectivity index (χ1n) is 5.79. The second kappa shape index (κ2) is 4.99. The zero-order chi connectivity index (χ0) is 13.3. The monoisotopic (exact) mass is 255 g/mol. The highest BCUT2D eigenvalue weighted by atomic mass is 19.1. The summed E-state index contributed by atoms with van der Waals surface area (Å²) in [6, 6.07) is 3.55. The van der Waals surface area contributed by atoms with Crippen LogP contribution in [-0.2, 0) is 0 Å². The van der Waals surface area contributed by atoms with Gasteiger partial charge in [0.25, 0.3) is 5.69 Å². The number of benzene rings is 1. The van der Waals surface area contributed by atoms with Crippen LogP contribution in [0.4, 0.5) is 10.1 Å². The fraction of sp³-hybridized carbons (Fsp3) is 0.500. The van der Waals surface area contributed by atoms with Crippen molar-refractivity contribution < 1.29 is 19.5 Å². The number of aliphatic hydroxyl groups is 2. The third-order valence-electron chi connectivity index (χ3n) is 3.42. The molecule has 1 aromatic carbocycles. The summed E-state index contributed by atoms with van der Waals surface area (Å²) in [7, 11) is 0. The minimum absolute atomic E-state index is 0.204. The summed E-state index contributed by atoms with van der Waals surface area (Å²) >= 11 is 0. The summed E-state index contributed by atoms with van der Waals surface area (Å²) in [5, 5.41) is 29.5. The molecule has 1 saturated carbocycles. The van der Waals surface area contributed by atoms with Gasteiger partial charge in [0, 0.05) is 6.07 Å². The summed E-state index contributed by atoms with van der Waals surface area (Å²) < 4.78 is 13.8. The number of nitro benzene ring substituents is 1. The van der Waals surface area contributed by atoms with E-state index >= 15 is 0 Å². The lowest BCUT2D eigenvalue weighted by molar-refractivity contribution is -0.385.